The van der Waals surface area contributed by atoms with Gasteiger partial charge in [-0.15, -0.1) is 11.3 Å². The maximum atomic E-state index is 12.6. The van der Waals surface area contributed by atoms with E-state index in [1.165, 1.54) is 6.07 Å². The van der Waals surface area contributed by atoms with Crippen LogP contribution in [0, 0.1) is 0 Å². The van der Waals surface area contributed by atoms with Crippen LogP contribution in [0.1, 0.15) is 22.1 Å². The summed E-state index contributed by atoms with van der Waals surface area (Å²) in [7, 11) is -10.5. The third-order valence-electron chi connectivity index (χ3n) is 3.01. The predicted molar refractivity (Wildman–Crippen MR) is 77.9 cm³/mol. The molecule has 1 atom stereocenters. The van der Waals surface area contributed by atoms with Gasteiger partial charge >= 0.3 is 0 Å². The van der Waals surface area contributed by atoms with Gasteiger partial charge in [0.2, 0.25) is 10.0 Å². The molecule has 21 heavy (non-hydrogen) atoms. The number of fused-ring (bicyclic) bond motifs is 1. The van der Waals surface area contributed by atoms with Crippen molar-refractivity contribution < 1.29 is 25.7 Å². The van der Waals surface area contributed by atoms with Crippen LogP contribution in [0.4, 0.5) is 0 Å². The van der Waals surface area contributed by atoms with E-state index in [1.54, 1.807) is 0 Å². The highest BCUT2D eigenvalue weighted by Gasteiger charge is 2.38. The molecule has 0 aromatic carbocycles. The number of thiophene rings is 1. The minimum absolute atomic E-state index is 0.00810. The van der Waals surface area contributed by atoms with E-state index in [-0.39, 0.29) is 40.1 Å². The summed E-state index contributed by atoms with van der Waals surface area (Å²) in [6.07, 6.45) is 0.160. The average molecular weight is 359 g/mol. The molecule has 0 amide bonds. The fourth-order valence-corrected chi connectivity index (χ4v) is 6.36. The van der Waals surface area contributed by atoms with Crippen LogP contribution < -0.4 is 10.9 Å². The fraction of sp³-hybridized carbons (Fsp3) is 0.600. The Morgan fingerprint density at radius 2 is 2.33 bits per heavy atom. The van der Waals surface area contributed by atoms with Crippen LogP contribution >= 0.6 is 11.3 Å². The van der Waals surface area contributed by atoms with Gasteiger partial charge in [0.1, 0.15) is 8.42 Å². The van der Waals surface area contributed by atoms with Crippen molar-refractivity contribution in [2.24, 2.45) is 10.9 Å². The number of hydrogen-bond acceptors (Lipinski definition) is 7. The zero-order valence-corrected chi connectivity index (χ0v) is 13.3. The van der Waals surface area contributed by atoms with Crippen LogP contribution in [-0.2, 0) is 24.8 Å². The van der Waals surface area contributed by atoms with Crippen molar-refractivity contribution in [2.45, 2.75) is 20.9 Å². The summed E-state index contributed by atoms with van der Waals surface area (Å²) in [5.41, 5.74) is 6.15. The number of sulfonamides is 2. The molecule has 1 aliphatic rings. The molecule has 8 nitrogen and oxygen atoms in total. The summed E-state index contributed by atoms with van der Waals surface area (Å²) < 4.78 is 74.0. The predicted octanol–water partition coefficient (Wildman–Crippen LogP) is -0.564. The molecule has 0 unspecified atom stereocenters. The number of nitrogens with zero attached hydrogens (tertiary/aromatic N) is 1. The molecule has 4 N–H and O–H groups in total. The van der Waals surface area contributed by atoms with Crippen molar-refractivity contribution in [3.8, 4) is 0 Å². The van der Waals surface area contributed by atoms with Gasteiger partial charge in [0.05, 0.1) is 4.11 Å². The highest BCUT2D eigenvalue weighted by Crippen LogP contribution is 2.38. The first-order valence-corrected chi connectivity index (χ1v) is 9.69. The normalized spacial score (nSPS) is 24.9. The van der Waals surface area contributed by atoms with E-state index < -0.39 is 33.1 Å². The summed E-state index contributed by atoms with van der Waals surface area (Å²) in [6.45, 7) is -0.171. The van der Waals surface area contributed by atoms with Gasteiger partial charge < -0.3 is 10.5 Å². The van der Waals surface area contributed by atoms with Crippen LogP contribution in [0.2, 0.25) is 0 Å². The van der Waals surface area contributed by atoms with E-state index in [0.29, 0.717) is 11.3 Å². The quantitative estimate of drug-likeness (QED) is 0.535. The van der Waals surface area contributed by atoms with Gasteiger partial charge in [0, 0.05) is 38.3 Å². The van der Waals surface area contributed by atoms with Crippen molar-refractivity contribution >= 4 is 31.4 Å². The van der Waals surface area contributed by atoms with E-state index in [1.807, 2.05) is 0 Å². The van der Waals surface area contributed by atoms with Gasteiger partial charge in [-0.1, -0.05) is 0 Å². The fourth-order valence-electron chi connectivity index (χ4n) is 2.02. The Morgan fingerprint density at radius 1 is 1.62 bits per heavy atom. The third kappa shape index (κ3) is 3.28. The summed E-state index contributed by atoms with van der Waals surface area (Å²) in [5, 5.41) is 5.04. The lowest BCUT2D eigenvalue weighted by atomic mass is 10.1. The first-order valence-electron chi connectivity index (χ1n) is 7.38. The topological polar surface area (TPSA) is 133 Å². The monoisotopic (exact) mass is 359 g/mol. The Bertz CT molecular complexity index is 819. The minimum Gasteiger partial charge on any atom is -0.385 e. The molecule has 1 aromatic heterocycles. The second kappa shape index (κ2) is 5.91. The smallest absolute Gasteiger partial charge is 0.252 e. The van der Waals surface area contributed by atoms with E-state index in [0.717, 1.165) is 4.31 Å². The molecule has 1 aliphatic heterocycles. The van der Waals surface area contributed by atoms with Gasteiger partial charge in [-0.05, 0) is 12.5 Å². The first-order chi connectivity index (χ1) is 10.8. The van der Waals surface area contributed by atoms with E-state index in [9.17, 15) is 16.8 Å². The molecule has 0 saturated heterocycles. The SMILES string of the molecule is [2H][13C]([2H])([2H])OCCCN1C[C@H](N)c2cc(S(N)(=O)=O)sc2S1(=O)=O. The largest absolute Gasteiger partial charge is 0.385 e. The van der Waals surface area contributed by atoms with Crippen LogP contribution in [0.15, 0.2) is 14.5 Å². The van der Waals surface area contributed by atoms with Gasteiger partial charge in [0.25, 0.3) is 10.0 Å². The zero-order valence-electron chi connectivity index (χ0n) is 13.9. The number of primary sulfonamides is 1. The van der Waals surface area contributed by atoms with Crippen LogP contribution in [-0.4, -0.2) is 47.9 Å². The molecule has 2 heterocycles. The molecule has 1 aromatic rings. The zero-order chi connectivity index (χ0) is 18.3. The van der Waals surface area contributed by atoms with Crippen molar-refractivity contribution in [1.82, 2.24) is 4.31 Å². The lowest BCUT2D eigenvalue weighted by Gasteiger charge is -2.29. The molecule has 0 radical (unpaired) electrons. The third-order valence-corrected chi connectivity index (χ3v) is 7.97. The molecule has 0 aliphatic carbocycles. The van der Waals surface area contributed by atoms with Gasteiger partial charge in [0.15, 0.2) is 0 Å². The van der Waals surface area contributed by atoms with E-state index in [2.05, 4.69) is 4.74 Å². The summed E-state index contributed by atoms with van der Waals surface area (Å²) in [5.74, 6) is 0. The standard InChI is InChI=1S/C10H17N3O5S3/c1-18-4-2-3-13-6-8(11)7-5-9(20(12,14)15)19-10(7)21(13,16)17/h5,8H,2-4,6,11H2,1H3,(H2,12,14,15)/t8-/m0/s1/i1+1D3. The average Bonchev–Trinajstić information content (AvgIpc) is 2.85. The Kier molecular flexibility index (Phi) is 3.64. The van der Waals surface area contributed by atoms with Gasteiger partial charge in [-0.25, -0.2) is 22.0 Å². The lowest BCUT2D eigenvalue weighted by Crippen LogP contribution is -2.42. The van der Waals surface area contributed by atoms with Crippen molar-refractivity contribution in [3.63, 3.8) is 0 Å². The Balaban J connectivity index is 2.20. The number of methoxy groups -OCH3 is 1. The van der Waals surface area contributed by atoms with Crippen LogP contribution in [0.3, 0.4) is 0 Å². The Labute approximate surface area is 132 Å². The molecule has 120 valence electrons. The molecule has 0 bridgehead atoms. The van der Waals surface area contributed by atoms with E-state index >= 15 is 0 Å². The number of nitrogens with two attached hydrogens (primary N) is 2. The lowest BCUT2D eigenvalue weighted by molar-refractivity contribution is 0.186. The van der Waals surface area contributed by atoms with Gasteiger partial charge in [-0.2, -0.15) is 4.31 Å². The molecule has 11 heteroatoms. The molecule has 0 spiro atoms. The molecule has 2 rings (SSSR count). The minimum atomic E-state index is -4.03. The maximum Gasteiger partial charge on any atom is 0.252 e. The van der Waals surface area contributed by atoms with Crippen molar-refractivity contribution in [3.05, 3.63) is 11.6 Å². The van der Waals surface area contributed by atoms with Crippen LogP contribution in [0.5, 0.6) is 0 Å². The molecular formula is C10H17N3O5S3. The number of rotatable bonds is 5. The summed E-state index contributed by atoms with van der Waals surface area (Å²) in [6, 6.07) is 0.492. The van der Waals surface area contributed by atoms with Crippen molar-refractivity contribution in [2.75, 3.05) is 26.7 Å². The van der Waals surface area contributed by atoms with Gasteiger partial charge in [-0.3, -0.25) is 0 Å². The highest BCUT2D eigenvalue weighted by molar-refractivity contribution is 7.94. The summed E-state index contributed by atoms with van der Waals surface area (Å²) in [4.78, 5) is 0. The van der Waals surface area contributed by atoms with Crippen molar-refractivity contribution in [1.29, 1.82) is 0 Å². The van der Waals surface area contributed by atoms with E-state index in [4.69, 9.17) is 15.0 Å². The number of ether oxygens (including phenoxy) is 1. The molecule has 0 fully saturated rings. The maximum absolute atomic E-state index is 12.6. The highest BCUT2D eigenvalue weighted by atomic mass is 32.3. The first kappa shape index (κ1) is 12.9. The molecular weight excluding hydrogens is 339 g/mol. The Hall–Kier alpha value is -0.560. The van der Waals surface area contributed by atoms with Crippen LogP contribution in [0.25, 0.3) is 0 Å². The Morgan fingerprint density at radius 3 is 2.95 bits per heavy atom. The second-order valence-corrected chi connectivity index (χ2v) is 9.50. The molecule has 0 saturated carbocycles. The second-order valence-electron chi connectivity index (χ2n) is 4.52. The summed E-state index contributed by atoms with van der Waals surface area (Å²) >= 11 is 0.556. The number of hydrogen-bond donors (Lipinski definition) is 2.